The molecule has 5 aromatic rings. The predicted octanol–water partition coefficient (Wildman–Crippen LogP) is 7.18. The van der Waals surface area contributed by atoms with E-state index in [0.29, 0.717) is 34.7 Å². The van der Waals surface area contributed by atoms with Crippen LogP contribution in [-0.4, -0.2) is 29.7 Å². The zero-order valence-corrected chi connectivity index (χ0v) is 23.8. The molecule has 1 heterocycles. The monoisotopic (exact) mass is 607 g/mol. The summed E-state index contributed by atoms with van der Waals surface area (Å²) in [5.41, 5.74) is 7.52. The highest BCUT2D eigenvalue weighted by Gasteiger charge is 2.14. The van der Waals surface area contributed by atoms with Gasteiger partial charge in [0.15, 0.2) is 0 Å². The van der Waals surface area contributed by atoms with Crippen molar-refractivity contribution in [1.82, 2.24) is 10.4 Å². The Morgan fingerprint density at radius 3 is 2.46 bits per heavy atom. The molecule has 0 fully saturated rings. The first kappa shape index (κ1) is 27.7. The molecule has 8 heteroatoms. The minimum Gasteiger partial charge on any atom is -0.488 e. The highest BCUT2D eigenvalue weighted by molar-refractivity contribution is 9.10. The summed E-state index contributed by atoms with van der Waals surface area (Å²) in [5.74, 6) is -0.123. The van der Waals surface area contributed by atoms with Gasteiger partial charge >= 0.3 is 5.97 Å². The van der Waals surface area contributed by atoms with Gasteiger partial charge in [-0.25, -0.2) is 15.2 Å². The first-order valence-corrected chi connectivity index (χ1v) is 13.8. The quantitative estimate of drug-likeness (QED) is 0.109. The maximum Gasteiger partial charge on any atom is 0.338 e. The number of benzene rings is 4. The van der Waals surface area contributed by atoms with Crippen LogP contribution in [0.5, 0.6) is 5.75 Å². The molecule has 0 aliphatic heterocycles. The van der Waals surface area contributed by atoms with Crippen LogP contribution in [0, 0.1) is 0 Å². The molecular formula is C33H26BrN3O4. The molecule has 0 spiro atoms. The van der Waals surface area contributed by atoms with Crippen molar-refractivity contribution in [3.05, 3.63) is 130 Å². The van der Waals surface area contributed by atoms with Crippen LogP contribution < -0.4 is 10.2 Å². The van der Waals surface area contributed by atoms with E-state index in [0.717, 1.165) is 26.5 Å². The van der Waals surface area contributed by atoms with E-state index >= 15 is 0 Å². The highest BCUT2D eigenvalue weighted by Crippen LogP contribution is 2.25. The van der Waals surface area contributed by atoms with Crippen LogP contribution >= 0.6 is 15.9 Å². The number of aromatic nitrogens is 1. The number of halogens is 1. The molecule has 0 bridgehead atoms. The van der Waals surface area contributed by atoms with Gasteiger partial charge in [0.05, 0.1) is 35.2 Å². The lowest BCUT2D eigenvalue weighted by molar-refractivity contribution is 0.0526. The second-order valence-electron chi connectivity index (χ2n) is 9.03. The van der Waals surface area contributed by atoms with Crippen LogP contribution in [0.3, 0.4) is 0 Å². The number of carbonyl (C=O) groups is 2. The second kappa shape index (κ2) is 13.0. The van der Waals surface area contributed by atoms with Crippen molar-refractivity contribution in [2.75, 3.05) is 6.61 Å². The smallest absolute Gasteiger partial charge is 0.338 e. The Kier molecular flexibility index (Phi) is 8.81. The lowest BCUT2D eigenvalue weighted by Gasteiger charge is -2.11. The number of fused-ring (bicyclic) bond motifs is 1. The summed E-state index contributed by atoms with van der Waals surface area (Å²) in [6.45, 7) is 2.38. The zero-order chi connectivity index (χ0) is 28.6. The Bertz CT molecular complexity index is 1720. The number of pyridine rings is 1. The molecule has 0 aliphatic rings. The standard InChI is InChI=1S/C33H26BrN3O4/c1-2-40-33(39)24-14-12-22(13-15-24)21-41-31-17-16-26(34)18-25(31)20-35-37-32(38)28-19-30(23-8-4-3-5-9-23)36-29-11-7-6-10-27(28)29/h3-20H,2,21H2,1H3,(H,37,38)/b35-20-. The zero-order valence-electron chi connectivity index (χ0n) is 22.2. The van der Waals surface area contributed by atoms with Crippen molar-refractivity contribution >= 4 is 44.9 Å². The van der Waals surface area contributed by atoms with Gasteiger partial charge in [0, 0.05) is 21.0 Å². The Morgan fingerprint density at radius 2 is 1.68 bits per heavy atom. The molecule has 1 N–H and O–H groups in total. The third-order valence-corrected chi connectivity index (χ3v) is 6.72. The van der Waals surface area contributed by atoms with E-state index in [1.807, 2.05) is 84.9 Å². The third kappa shape index (κ3) is 6.85. The number of carbonyl (C=O) groups excluding carboxylic acids is 2. The van der Waals surface area contributed by atoms with Crippen LogP contribution in [0.4, 0.5) is 0 Å². The van der Waals surface area contributed by atoms with Crippen molar-refractivity contribution in [2.24, 2.45) is 5.10 Å². The SMILES string of the molecule is CCOC(=O)c1ccc(COc2ccc(Br)cc2/C=N\NC(=O)c2cc(-c3ccccc3)nc3ccccc23)cc1. The van der Waals surface area contributed by atoms with Crippen LogP contribution in [0.15, 0.2) is 113 Å². The number of amides is 1. The molecule has 0 saturated heterocycles. The molecular weight excluding hydrogens is 582 g/mol. The summed E-state index contributed by atoms with van der Waals surface area (Å²) in [4.78, 5) is 29.9. The van der Waals surface area contributed by atoms with Crippen molar-refractivity contribution in [1.29, 1.82) is 0 Å². The van der Waals surface area contributed by atoms with Gasteiger partial charge in [-0.05, 0) is 55.0 Å². The molecule has 1 aromatic heterocycles. The first-order chi connectivity index (χ1) is 20.0. The van der Waals surface area contributed by atoms with Gasteiger partial charge in [-0.2, -0.15) is 5.10 Å². The molecule has 0 atom stereocenters. The molecule has 41 heavy (non-hydrogen) atoms. The number of nitrogens with one attached hydrogen (secondary N) is 1. The van der Waals surface area contributed by atoms with E-state index < -0.39 is 0 Å². The first-order valence-electron chi connectivity index (χ1n) is 13.0. The molecule has 5 rings (SSSR count). The van der Waals surface area contributed by atoms with Crippen LogP contribution in [0.25, 0.3) is 22.2 Å². The largest absolute Gasteiger partial charge is 0.488 e. The number of hydrogen-bond acceptors (Lipinski definition) is 6. The molecule has 0 radical (unpaired) electrons. The number of para-hydroxylation sites is 1. The van der Waals surface area contributed by atoms with Crippen molar-refractivity contribution in [2.45, 2.75) is 13.5 Å². The van der Waals surface area contributed by atoms with Crippen LogP contribution in [-0.2, 0) is 11.3 Å². The van der Waals surface area contributed by atoms with Crippen LogP contribution in [0.1, 0.15) is 38.8 Å². The number of esters is 1. The normalized spacial score (nSPS) is 11.0. The molecule has 0 aliphatic carbocycles. The maximum absolute atomic E-state index is 13.3. The van der Waals surface area contributed by atoms with Gasteiger partial charge < -0.3 is 9.47 Å². The fourth-order valence-corrected chi connectivity index (χ4v) is 4.58. The third-order valence-electron chi connectivity index (χ3n) is 6.23. The maximum atomic E-state index is 13.3. The fraction of sp³-hybridized carbons (Fsp3) is 0.0909. The number of hydrogen-bond donors (Lipinski definition) is 1. The average Bonchev–Trinajstić information content (AvgIpc) is 3.01. The van der Waals surface area contributed by atoms with E-state index in [1.165, 1.54) is 0 Å². The Balaban J connectivity index is 1.32. The van der Waals surface area contributed by atoms with Crippen molar-refractivity contribution < 1.29 is 19.1 Å². The number of rotatable bonds is 9. The Morgan fingerprint density at radius 1 is 0.927 bits per heavy atom. The molecule has 4 aromatic carbocycles. The number of ether oxygens (including phenoxy) is 2. The molecule has 0 saturated carbocycles. The van der Waals surface area contributed by atoms with E-state index in [2.05, 4.69) is 26.5 Å². The lowest BCUT2D eigenvalue weighted by Crippen LogP contribution is -2.18. The molecule has 0 unspecified atom stereocenters. The minimum absolute atomic E-state index is 0.281. The summed E-state index contributed by atoms with van der Waals surface area (Å²) in [6.07, 6.45) is 1.54. The lowest BCUT2D eigenvalue weighted by atomic mass is 10.0. The molecule has 1 amide bonds. The second-order valence-corrected chi connectivity index (χ2v) is 9.94. The van der Waals surface area contributed by atoms with Crippen molar-refractivity contribution in [3.8, 4) is 17.0 Å². The summed E-state index contributed by atoms with van der Waals surface area (Å²) in [5, 5.41) is 4.97. The average molecular weight is 608 g/mol. The van der Waals surface area contributed by atoms with Gasteiger partial charge in [0.2, 0.25) is 0 Å². The molecule has 204 valence electrons. The summed E-state index contributed by atoms with van der Waals surface area (Å²) in [6, 6.07) is 31.6. The topological polar surface area (TPSA) is 89.9 Å². The Hall–Kier alpha value is -4.82. The number of nitrogens with zero attached hydrogens (tertiary/aromatic N) is 2. The summed E-state index contributed by atoms with van der Waals surface area (Å²) < 4.78 is 11.9. The van der Waals surface area contributed by atoms with Gasteiger partial charge in [-0.15, -0.1) is 0 Å². The Labute approximate surface area is 246 Å². The van der Waals surface area contributed by atoms with E-state index in [-0.39, 0.29) is 18.5 Å². The minimum atomic E-state index is -0.357. The van der Waals surface area contributed by atoms with E-state index in [1.54, 1.807) is 31.3 Å². The fourth-order valence-electron chi connectivity index (χ4n) is 4.20. The van der Waals surface area contributed by atoms with Crippen molar-refractivity contribution in [3.63, 3.8) is 0 Å². The van der Waals surface area contributed by atoms with E-state index in [4.69, 9.17) is 14.5 Å². The predicted molar refractivity (Wildman–Crippen MR) is 163 cm³/mol. The van der Waals surface area contributed by atoms with Crippen LogP contribution in [0.2, 0.25) is 0 Å². The highest BCUT2D eigenvalue weighted by atomic mass is 79.9. The summed E-state index contributed by atoms with van der Waals surface area (Å²) in [7, 11) is 0. The summed E-state index contributed by atoms with van der Waals surface area (Å²) >= 11 is 3.49. The van der Waals surface area contributed by atoms with Gasteiger partial charge in [0.1, 0.15) is 12.4 Å². The molecule has 7 nitrogen and oxygen atoms in total. The van der Waals surface area contributed by atoms with E-state index in [9.17, 15) is 9.59 Å². The van der Waals surface area contributed by atoms with Gasteiger partial charge in [-0.3, -0.25) is 4.79 Å². The van der Waals surface area contributed by atoms with Gasteiger partial charge in [0.25, 0.3) is 5.91 Å². The number of hydrazone groups is 1. The van der Waals surface area contributed by atoms with Gasteiger partial charge in [-0.1, -0.05) is 76.6 Å².